The topological polar surface area (TPSA) is 56.9 Å². The van der Waals surface area contributed by atoms with E-state index in [1.165, 1.54) is 11.1 Å². The molecule has 0 bridgehead atoms. The molecular weight excluding hydrogens is 326 g/mol. The Morgan fingerprint density at radius 1 is 1.31 bits per heavy atom. The highest BCUT2D eigenvalue weighted by Crippen LogP contribution is 2.32. The zero-order chi connectivity index (χ0) is 18.1. The normalized spacial score (nSPS) is 20.7. The molecule has 2 atom stereocenters. The third-order valence-corrected chi connectivity index (χ3v) is 5.38. The van der Waals surface area contributed by atoms with Gasteiger partial charge in [-0.15, -0.1) is 0 Å². The SMILES string of the molecule is Cc1ccc2c(c1)nc(CNC[C@@H]1CCCO[C@H]1c1nccn1C)n2C. The van der Waals surface area contributed by atoms with E-state index in [1.54, 1.807) is 0 Å². The quantitative estimate of drug-likeness (QED) is 0.766. The number of nitrogens with one attached hydrogen (secondary N) is 1. The number of hydrogen-bond acceptors (Lipinski definition) is 4. The molecule has 1 fully saturated rings. The first-order chi connectivity index (χ1) is 12.6. The molecule has 6 heteroatoms. The van der Waals surface area contributed by atoms with Crippen molar-refractivity contribution in [3.63, 3.8) is 0 Å². The molecular formula is C20H27N5O. The van der Waals surface area contributed by atoms with Gasteiger partial charge in [-0.1, -0.05) is 6.07 Å². The predicted molar refractivity (Wildman–Crippen MR) is 102 cm³/mol. The average molecular weight is 353 g/mol. The molecule has 6 nitrogen and oxygen atoms in total. The van der Waals surface area contributed by atoms with E-state index in [2.05, 4.69) is 51.6 Å². The highest BCUT2D eigenvalue weighted by atomic mass is 16.5. The van der Waals surface area contributed by atoms with Crippen LogP contribution in [0.5, 0.6) is 0 Å². The Kier molecular flexibility index (Phi) is 4.78. The van der Waals surface area contributed by atoms with Gasteiger partial charge < -0.3 is 19.2 Å². The first-order valence-electron chi connectivity index (χ1n) is 9.35. The Morgan fingerprint density at radius 3 is 3.00 bits per heavy atom. The fraction of sp³-hybridized carbons (Fsp3) is 0.500. The van der Waals surface area contributed by atoms with Crippen LogP contribution in [0.15, 0.2) is 30.6 Å². The lowest BCUT2D eigenvalue weighted by Crippen LogP contribution is -2.33. The van der Waals surface area contributed by atoms with E-state index in [9.17, 15) is 0 Å². The number of fused-ring (bicyclic) bond motifs is 1. The van der Waals surface area contributed by atoms with E-state index in [-0.39, 0.29) is 6.10 Å². The summed E-state index contributed by atoms with van der Waals surface area (Å²) in [5.41, 5.74) is 3.49. The third-order valence-electron chi connectivity index (χ3n) is 5.38. The average Bonchev–Trinajstić information content (AvgIpc) is 3.19. The van der Waals surface area contributed by atoms with Gasteiger partial charge in [0, 0.05) is 45.6 Å². The summed E-state index contributed by atoms with van der Waals surface area (Å²) < 4.78 is 10.3. The lowest BCUT2D eigenvalue weighted by Gasteiger charge is -2.31. The van der Waals surface area contributed by atoms with Gasteiger partial charge >= 0.3 is 0 Å². The maximum atomic E-state index is 6.06. The molecule has 0 unspecified atom stereocenters. The molecule has 1 aliphatic rings. The van der Waals surface area contributed by atoms with E-state index in [4.69, 9.17) is 9.72 Å². The molecule has 0 spiro atoms. The van der Waals surface area contributed by atoms with Crippen LogP contribution in [0, 0.1) is 12.8 Å². The molecule has 26 heavy (non-hydrogen) atoms. The molecule has 1 aromatic carbocycles. The monoisotopic (exact) mass is 353 g/mol. The van der Waals surface area contributed by atoms with Crippen LogP contribution in [0.1, 0.15) is 36.2 Å². The van der Waals surface area contributed by atoms with Crippen LogP contribution in [0.3, 0.4) is 0 Å². The fourth-order valence-corrected chi connectivity index (χ4v) is 3.88. The van der Waals surface area contributed by atoms with Gasteiger partial charge in [-0.3, -0.25) is 0 Å². The maximum Gasteiger partial charge on any atom is 0.137 e. The van der Waals surface area contributed by atoms with Crippen LogP contribution in [0.2, 0.25) is 0 Å². The molecule has 0 radical (unpaired) electrons. The van der Waals surface area contributed by atoms with Gasteiger partial charge in [-0.2, -0.15) is 0 Å². The first-order valence-corrected chi connectivity index (χ1v) is 9.35. The highest BCUT2D eigenvalue weighted by Gasteiger charge is 2.30. The van der Waals surface area contributed by atoms with Crippen molar-refractivity contribution in [2.24, 2.45) is 20.0 Å². The molecule has 1 N–H and O–H groups in total. The smallest absolute Gasteiger partial charge is 0.137 e. The number of aryl methyl sites for hydroxylation is 3. The van der Waals surface area contributed by atoms with Crippen LogP contribution in [0.25, 0.3) is 11.0 Å². The van der Waals surface area contributed by atoms with E-state index < -0.39 is 0 Å². The summed E-state index contributed by atoms with van der Waals surface area (Å²) >= 11 is 0. The summed E-state index contributed by atoms with van der Waals surface area (Å²) in [6.07, 6.45) is 6.17. The molecule has 1 saturated heterocycles. The Bertz CT molecular complexity index is 897. The molecule has 2 aromatic heterocycles. The summed E-state index contributed by atoms with van der Waals surface area (Å²) in [5.74, 6) is 2.52. The predicted octanol–water partition coefficient (Wildman–Crippen LogP) is 2.87. The Balaban J connectivity index is 1.43. The second-order valence-electron chi connectivity index (χ2n) is 7.30. The van der Waals surface area contributed by atoms with Gasteiger partial charge in [0.25, 0.3) is 0 Å². The van der Waals surface area contributed by atoms with Crippen LogP contribution in [0.4, 0.5) is 0 Å². The van der Waals surface area contributed by atoms with Crippen molar-refractivity contribution in [2.75, 3.05) is 13.2 Å². The lowest BCUT2D eigenvalue weighted by molar-refractivity contribution is -0.0344. The van der Waals surface area contributed by atoms with Crippen LogP contribution in [-0.2, 0) is 25.4 Å². The molecule has 4 rings (SSSR count). The van der Waals surface area contributed by atoms with Crippen LogP contribution < -0.4 is 5.32 Å². The molecule has 0 amide bonds. The lowest BCUT2D eigenvalue weighted by atomic mass is 9.93. The minimum absolute atomic E-state index is 0.0688. The maximum absolute atomic E-state index is 6.06. The minimum atomic E-state index is 0.0688. The summed E-state index contributed by atoms with van der Waals surface area (Å²) in [6, 6.07) is 6.43. The number of benzene rings is 1. The molecule has 1 aliphatic heterocycles. The summed E-state index contributed by atoms with van der Waals surface area (Å²) in [5, 5.41) is 3.60. The van der Waals surface area contributed by atoms with E-state index >= 15 is 0 Å². The summed E-state index contributed by atoms with van der Waals surface area (Å²) in [6.45, 7) is 4.58. The second-order valence-corrected chi connectivity index (χ2v) is 7.30. The van der Waals surface area contributed by atoms with Crippen molar-refractivity contribution in [2.45, 2.75) is 32.4 Å². The molecule has 3 aromatic rings. The molecule has 138 valence electrons. The van der Waals surface area contributed by atoms with Crippen molar-refractivity contribution in [3.05, 3.63) is 47.8 Å². The number of rotatable bonds is 5. The number of ether oxygens (including phenoxy) is 1. The minimum Gasteiger partial charge on any atom is -0.370 e. The largest absolute Gasteiger partial charge is 0.370 e. The van der Waals surface area contributed by atoms with Gasteiger partial charge in [0.2, 0.25) is 0 Å². The third kappa shape index (κ3) is 3.27. The van der Waals surface area contributed by atoms with Crippen LogP contribution in [-0.4, -0.2) is 32.3 Å². The van der Waals surface area contributed by atoms with Crippen LogP contribution >= 0.6 is 0 Å². The van der Waals surface area contributed by atoms with Gasteiger partial charge in [-0.05, 0) is 37.5 Å². The Morgan fingerprint density at radius 2 is 2.19 bits per heavy atom. The number of nitrogens with zero attached hydrogens (tertiary/aromatic N) is 4. The second kappa shape index (κ2) is 7.21. The first kappa shape index (κ1) is 17.2. The van der Waals surface area contributed by atoms with Crippen molar-refractivity contribution >= 4 is 11.0 Å². The number of aromatic nitrogens is 4. The highest BCUT2D eigenvalue weighted by molar-refractivity contribution is 5.76. The standard InChI is InChI=1S/C20H27N5O/c1-14-6-7-17-16(11-14)23-18(25(17)3)13-21-12-15-5-4-10-26-19(15)20-22-8-9-24(20)2/h6-9,11,15,19,21H,4-5,10,12-13H2,1-3H3/t15-,19+/m0/s1. The van der Waals surface area contributed by atoms with E-state index in [0.29, 0.717) is 5.92 Å². The van der Waals surface area contributed by atoms with Gasteiger partial charge in [-0.25, -0.2) is 9.97 Å². The number of imidazole rings is 2. The zero-order valence-corrected chi connectivity index (χ0v) is 15.8. The van der Waals surface area contributed by atoms with Gasteiger partial charge in [0.1, 0.15) is 17.8 Å². The Hall–Kier alpha value is -2.18. The van der Waals surface area contributed by atoms with Crippen molar-refractivity contribution in [1.82, 2.24) is 24.4 Å². The van der Waals surface area contributed by atoms with Gasteiger partial charge in [0.15, 0.2) is 0 Å². The Labute approximate surface area is 154 Å². The van der Waals surface area contributed by atoms with Gasteiger partial charge in [0.05, 0.1) is 17.6 Å². The van der Waals surface area contributed by atoms with Crippen molar-refractivity contribution in [1.29, 1.82) is 0 Å². The zero-order valence-electron chi connectivity index (χ0n) is 15.8. The summed E-state index contributed by atoms with van der Waals surface area (Å²) in [7, 11) is 4.12. The summed E-state index contributed by atoms with van der Waals surface area (Å²) in [4.78, 5) is 9.29. The molecule has 0 aliphatic carbocycles. The number of hydrogen-bond donors (Lipinski definition) is 1. The molecule has 0 saturated carbocycles. The molecule has 3 heterocycles. The van der Waals surface area contributed by atoms with Crippen molar-refractivity contribution < 1.29 is 4.74 Å². The van der Waals surface area contributed by atoms with Crippen molar-refractivity contribution in [3.8, 4) is 0 Å². The fourth-order valence-electron chi connectivity index (χ4n) is 3.88. The van der Waals surface area contributed by atoms with E-state index in [0.717, 1.165) is 49.7 Å². The van der Waals surface area contributed by atoms with E-state index in [1.807, 2.05) is 19.4 Å².